The minimum Gasteiger partial charge on any atom is -0.495 e. The van der Waals surface area contributed by atoms with Gasteiger partial charge in [0.05, 0.1) is 12.1 Å². The van der Waals surface area contributed by atoms with Crippen LogP contribution in [0.15, 0.2) is 18.2 Å². The first kappa shape index (κ1) is 13.5. The molecule has 1 aromatic carbocycles. The van der Waals surface area contributed by atoms with Crippen molar-refractivity contribution in [1.82, 2.24) is 0 Å². The summed E-state index contributed by atoms with van der Waals surface area (Å²) in [6, 6.07) is 6.10. The highest BCUT2D eigenvalue weighted by atomic mass is 35.5. The summed E-state index contributed by atoms with van der Waals surface area (Å²) in [5, 5.41) is 0.643. The lowest BCUT2D eigenvalue weighted by Gasteiger charge is -2.48. The number of nitrogens with zero attached hydrogens (tertiary/aromatic N) is 1. The fourth-order valence-electron chi connectivity index (χ4n) is 2.60. The van der Waals surface area contributed by atoms with Gasteiger partial charge in [0.2, 0.25) is 0 Å². The van der Waals surface area contributed by atoms with E-state index in [0.29, 0.717) is 10.8 Å². The van der Waals surface area contributed by atoms with E-state index in [4.69, 9.17) is 22.1 Å². The molecule has 1 unspecified atom stereocenters. The van der Waals surface area contributed by atoms with Crippen LogP contribution in [-0.2, 0) is 0 Å². The van der Waals surface area contributed by atoms with Crippen LogP contribution in [0.3, 0.4) is 0 Å². The number of piperidine rings is 1. The summed E-state index contributed by atoms with van der Waals surface area (Å²) in [7, 11) is 1.63. The van der Waals surface area contributed by atoms with Crippen molar-refractivity contribution in [1.29, 1.82) is 0 Å². The van der Waals surface area contributed by atoms with Crippen molar-refractivity contribution in [2.75, 3.05) is 18.6 Å². The van der Waals surface area contributed by atoms with Gasteiger partial charge < -0.3 is 15.4 Å². The molecule has 3 nitrogen and oxygen atoms in total. The van der Waals surface area contributed by atoms with Crippen LogP contribution in [0.4, 0.5) is 5.69 Å². The molecular formula is C14H21ClN2O. The van der Waals surface area contributed by atoms with E-state index in [-0.39, 0.29) is 11.6 Å². The number of halogens is 1. The average molecular weight is 269 g/mol. The number of anilines is 1. The van der Waals surface area contributed by atoms with Crippen LogP contribution < -0.4 is 15.4 Å². The van der Waals surface area contributed by atoms with Crippen LogP contribution in [0.1, 0.15) is 26.7 Å². The summed E-state index contributed by atoms with van der Waals surface area (Å²) in [5.41, 5.74) is 7.30. The van der Waals surface area contributed by atoms with Crippen molar-refractivity contribution in [2.24, 2.45) is 5.73 Å². The third kappa shape index (κ3) is 2.29. The van der Waals surface area contributed by atoms with Crippen LogP contribution in [-0.4, -0.2) is 25.2 Å². The molecule has 4 heteroatoms. The lowest BCUT2D eigenvalue weighted by Crippen LogP contribution is -2.59. The Morgan fingerprint density at radius 3 is 2.78 bits per heavy atom. The molecule has 0 spiro atoms. The van der Waals surface area contributed by atoms with Gasteiger partial charge in [-0.25, -0.2) is 0 Å². The maximum Gasteiger partial charge on any atom is 0.137 e. The second-order valence-corrected chi connectivity index (χ2v) is 5.78. The quantitative estimate of drug-likeness (QED) is 0.896. The first-order valence-corrected chi connectivity index (χ1v) is 6.71. The number of hydrogen-bond acceptors (Lipinski definition) is 3. The van der Waals surface area contributed by atoms with Gasteiger partial charge in [-0.2, -0.15) is 0 Å². The molecule has 0 radical (unpaired) electrons. The molecule has 0 amide bonds. The first-order valence-electron chi connectivity index (χ1n) is 6.33. The molecular weight excluding hydrogens is 248 g/mol. The number of benzene rings is 1. The number of nitrogens with two attached hydrogens (primary N) is 1. The summed E-state index contributed by atoms with van der Waals surface area (Å²) in [6.07, 6.45) is 2.20. The highest BCUT2D eigenvalue weighted by Gasteiger charge is 2.36. The largest absolute Gasteiger partial charge is 0.495 e. The van der Waals surface area contributed by atoms with Crippen molar-refractivity contribution >= 4 is 17.3 Å². The van der Waals surface area contributed by atoms with Gasteiger partial charge in [0.1, 0.15) is 5.75 Å². The monoisotopic (exact) mass is 268 g/mol. The van der Waals surface area contributed by atoms with Gasteiger partial charge in [0, 0.05) is 23.8 Å². The Kier molecular flexibility index (Phi) is 3.74. The zero-order valence-electron chi connectivity index (χ0n) is 11.2. The van der Waals surface area contributed by atoms with Crippen molar-refractivity contribution in [2.45, 2.75) is 38.3 Å². The van der Waals surface area contributed by atoms with E-state index in [0.717, 1.165) is 25.1 Å². The molecule has 0 bridgehead atoms. The molecule has 0 aromatic heterocycles. The van der Waals surface area contributed by atoms with Gasteiger partial charge in [-0.1, -0.05) is 11.6 Å². The first-order chi connectivity index (χ1) is 8.46. The Morgan fingerprint density at radius 2 is 2.17 bits per heavy atom. The minimum absolute atomic E-state index is 0.0455. The van der Waals surface area contributed by atoms with Gasteiger partial charge in [-0.3, -0.25) is 0 Å². The van der Waals surface area contributed by atoms with E-state index >= 15 is 0 Å². The Bertz CT molecular complexity index is 434. The predicted molar refractivity (Wildman–Crippen MR) is 76.6 cm³/mol. The number of ether oxygens (including phenoxy) is 1. The van der Waals surface area contributed by atoms with E-state index in [2.05, 4.69) is 18.7 Å². The SMILES string of the molecule is COc1ccc(N2CCCC(N)C2(C)C)cc1Cl. The smallest absolute Gasteiger partial charge is 0.137 e. The molecule has 1 atom stereocenters. The average Bonchev–Trinajstić information content (AvgIpc) is 2.32. The van der Waals surface area contributed by atoms with Gasteiger partial charge in [0.15, 0.2) is 0 Å². The van der Waals surface area contributed by atoms with Crippen LogP contribution in [0.25, 0.3) is 0 Å². The van der Waals surface area contributed by atoms with Gasteiger partial charge in [-0.05, 0) is 44.9 Å². The standard InChI is InChI=1S/C14H21ClN2O/c1-14(2)13(16)5-4-8-17(14)10-6-7-12(18-3)11(15)9-10/h6-7,9,13H,4-5,8,16H2,1-3H3. The maximum atomic E-state index is 6.24. The van der Waals surface area contributed by atoms with Crippen molar-refractivity contribution in [3.63, 3.8) is 0 Å². The number of rotatable bonds is 2. The second-order valence-electron chi connectivity index (χ2n) is 5.37. The van der Waals surface area contributed by atoms with Gasteiger partial charge in [0.25, 0.3) is 0 Å². The van der Waals surface area contributed by atoms with Crippen LogP contribution in [0, 0.1) is 0 Å². The van der Waals surface area contributed by atoms with Crippen LogP contribution in [0.2, 0.25) is 5.02 Å². The van der Waals surface area contributed by atoms with Crippen LogP contribution in [0.5, 0.6) is 5.75 Å². The van der Waals surface area contributed by atoms with E-state index in [9.17, 15) is 0 Å². The van der Waals surface area contributed by atoms with E-state index in [1.165, 1.54) is 0 Å². The fourth-order valence-corrected chi connectivity index (χ4v) is 2.85. The molecule has 1 aliphatic rings. The molecule has 1 aromatic rings. The van der Waals surface area contributed by atoms with E-state index in [1.54, 1.807) is 7.11 Å². The normalized spacial score (nSPS) is 22.9. The predicted octanol–water partition coefficient (Wildman–Crippen LogP) is 3.05. The zero-order chi connectivity index (χ0) is 13.3. The Labute approximate surface area is 114 Å². The molecule has 1 aliphatic heterocycles. The minimum atomic E-state index is -0.0455. The van der Waals surface area contributed by atoms with Crippen molar-refractivity contribution in [3.05, 3.63) is 23.2 Å². The van der Waals surface area contributed by atoms with E-state index < -0.39 is 0 Å². The highest BCUT2D eigenvalue weighted by molar-refractivity contribution is 6.32. The van der Waals surface area contributed by atoms with E-state index in [1.807, 2.05) is 18.2 Å². The lowest BCUT2D eigenvalue weighted by molar-refractivity contribution is 0.310. The fraction of sp³-hybridized carbons (Fsp3) is 0.571. The molecule has 100 valence electrons. The molecule has 0 aliphatic carbocycles. The molecule has 0 saturated carbocycles. The Morgan fingerprint density at radius 1 is 1.44 bits per heavy atom. The molecule has 2 rings (SSSR count). The summed E-state index contributed by atoms with van der Waals surface area (Å²) < 4.78 is 5.19. The summed E-state index contributed by atoms with van der Waals surface area (Å²) >= 11 is 6.20. The molecule has 2 N–H and O–H groups in total. The third-order valence-corrected chi connectivity index (χ3v) is 4.24. The topological polar surface area (TPSA) is 38.5 Å². The number of methoxy groups -OCH3 is 1. The summed E-state index contributed by atoms with van der Waals surface area (Å²) in [5.74, 6) is 0.708. The number of hydrogen-bond donors (Lipinski definition) is 1. The maximum absolute atomic E-state index is 6.24. The molecule has 1 heterocycles. The van der Waals surface area contributed by atoms with Gasteiger partial charge >= 0.3 is 0 Å². The Balaban J connectivity index is 2.33. The molecule has 1 fully saturated rings. The van der Waals surface area contributed by atoms with Crippen molar-refractivity contribution < 1.29 is 4.74 Å². The zero-order valence-corrected chi connectivity index (χ0v) is 12.0. The summed E-state index contributed by atoms with van der Waals surface area (Å²) in [4.78, 5) is 2.34. The molecule has 18 heavy (non-hydrogen) atoms. The second kappa shape index (κ2) is 4.98. The highest BCUT2D eigenvalue weighted by Crippen LogP contribution is 2.35. The van der Waals surface area contributed by atoms with Crippen molar-refractivity contribution in [3.8, 4) is 5.75 Å². The molecule has 1 saturated heterocycles. The van der Waals surface area contributed by atoms with Crippen LogP contribution >= 0.6 is 11.6 Å². The summed E-state index contributed by atoms with van der Waals surface area (Å²) in [6.45, 7) is 5.40. The third-order valence-electron chi connectivity index (χ3n) is 3.95. The Hall–Kier alpha value is -0.930. The van der Waals surface area contributed by atoms with Gasteiger partial charge in [-0.15, -0.1) is 0 Å². The lowest BCUT2D eigenvalue weighted by atomic mass is 9.85.